The van der Waals surface area contributed by atoms with Gasteiger partial charge in [-0.05, 0) is 37.7 Å². The van der Waals surface area contributed by atoms with Crippen LogP contribution in [0.5, 0.6) is 0 Å². The van der Waals surface area contributed by atoms with Crippen molar-refractivity contribution in [2.24, 2.45) is 5.92 Å². The summed E-state index contributed by atoms with van der Waals surface area (Å²) in [5.74, 6) is 0.854. The monoisotopic (exact) mass is 228 g/mol. The molecule has 0 amide bonds. The lowest BCUT2D eigenvalue weighted by molar-refractivity contribution is 0.568. The molecule has 2 aromatic rings. The summed E-state index contributed by atoms with van der Waals surface area (Å²) in [5.41, 5.74) is 2.42. The van der Waals surface area contributed by atoms with Crippen molar-refractivity contribution in [2.45, 2.75) is 38.3 Å². The summed E-state index contributed by atoms with van der Waals surface area (Å²) in [5, 5.41) is 8.87. The molecule has 2 saturated carbocycles. The maximum atomic E-state index is 4.45. The lowest BCUT2D eigenvalue weighted by Crippen LogP contribution is -2.03. The van der Waals surface area contributed by atoms with Gasteiger partial charge in [0.1, 0.15) is 0 Å². The predicted molar refractivity (Wildman–Crippen MR) is 64.4 cm³/mol. The molecule has 2 aromatic heterocycles. The Morgan fingerprint density at radius 2 is 2.06 bits per heavy atom. The molecule has 17 heavy (non-hydrogen) atoms. The average Bonchev–Trinajstić information content (AvgIpc) is 3.23. The molecule has 4 heteroatoms. The minimum absolute atomic E-state index is 0.656. The van der Waals surface area contributed by atoms with E-state index in [1.54, 1.807) is 0 Å². The summed E-state index contributed by atoms with van der Waals surface area (Å²) in [6, 6.07) is 2.75. The molecule has 0 aromatic carbocycles. The fraction of sp³-hybridized carbons (Fsp3) is 0.538. The van der Waals surface area contributed by atoms with Crippen LogP contribution in [0.3, 0.4) is 0 Å². The van der Waals surface area contributed by atoms with Crippen LogP contribution in [0.15, 0.2) is 24.7 Å². The lowest BCUT2D eigenvalue weighted by Gasteiger charge is -2.04. The van der Waals surface area contributed by atoms with Gasteiger partial charge in [-0.15, -0.1) is 0 Å². The molecule has 0 radical (unpaired) electrons. The molecule has 2 heterocycles. The summed E-state index contributed by atoms with van der Waals surface area (Å²) in [7, 11) is 0. The van der Waals surface area contributed by atoms with Crippen molar-refractivity contribution >= 4 is 0 Å². The Labute approximate surface area is 100 Å². The van der Waals surface area contributed by atoms with Crippen LogP contribution in [-0.4, -0.2) is 19.6 Å². The molecule has 4 nitrogen and oxygen atoms in total. The third-order valence-electron chi connectivity index (χ3n) is 3.66. The molecular weight excluding hydrogens is 212 g/mol. The van der Waals surface area contributed by atoms with E-state index < -0.39 is 0 Å². The Kier molecular flexibility index (Phi) is 1.92. The van der Waals surface area contributed by atoms with Gasteiger partial charge < -0.3 is 0 Å². The van der Waals surface area contributed by atoms with Crippen LogP contribution in [0.2, 0.25) is 0 Å². The topological polar surface area (TPSA) is 35.6 Å². The van der Waals surface area contributed by atoms with Crippen molar-refractivity contribution in [1.29, 1.82) is 0 Å². The second-order valence-electron chi connectivity index (χ2n) is 5.28. The molecule has 0 aliphatic heterocycles. The fourth-order valence-corrected chi connectivity index (χ4v) is 2.28. The highest BCUT2D eigenvalue weighted by Gasteiger charge is 2.26. The average molecular weight is 228 g/mol. The van der Waals surface area contributed by atoms with Gasteiger partial charge in [-0.2, -0.15) is 10.2 Å². The number of aromatic nitrogens is 4. The lowest BCUT2D eigenvalue weighted by atomic mass is 10.2. The summed E-state index contributed by atoms with van der Waals surface area (Å²) < 4.78 is 4.23. The second-order valence-corrected chi connectivity index (χ2v) is 5.28. The molecule has 2 fully saturated rings. The van der Waals surface area contributed by atoms with Gasteiger partial charge in [0, 0.05) is 24.5 Å². The van der Waals surface area contributed by atoms with Crippen molar-refractivity contribution in [3.05, 3.63) is 24.7 Å². The van der Waals surface area contributed by atoms with E-state index in [1.807, 2.05) is 12.4 Å². The second kappa shape index (κ2) is 3.45. The number of hydrogen-bond acceptors (Lipinski definition) is 2. The highest BCUT2D eigenvalue weighted by atomic mass is 15.3. The first kappa shape index (κ1) is 9.45. The van der Waals surface area contributed by atoms with Crippen molar-refractivity contribution in [1.82, 2.24) is 19.6 Å². The molecule has 2 aliphatic rings. The highest BCUT2D eigenvalue weighted by molar-refractivity contribution is 5.57. The van der Waals surface area contributed by atoms with Gasteiger partial charge in [0.15, 0.2) is 0 Å². The minimum Gasteiger partial charge on any atom is -0.269 e. The van der Waals surface area contributed by atoms with E-state index in [4.69, 9.17) is 0 Å². The Morgan fingerprint density at radius 3 is 2.82 bits per heavy atom. The Bertz CT molecular complexity index is 531. The molecule has 0 bridgehead atoms. The number of nitrogens with zero attached hydrogens (tertiary/aromatic N) is 4. The molecule has 0 N–H and O–H groups in total. The Hall–Kier alpha value is -1.58. The summed E-state index contributed by atoms with van der Waals surface area (Å²) >= 11 is 0. The fourth-order valence-electron chi connectivity index (χ4n) is 2.28. The molecule has 0 unspecified atom stereocenters. The van der Waals surface area contributed by atoms with Crippen molar-refractivity contribution < 1.29 is 0 Å². The van der Waals surface area contributed by atoms with E-state index in [1.165, 1.54) is 36.9 Å². The third kappa shape index (κ3) is 1.77. The quantitative estimate of drug-likeness (QED) is 0.806. The van der Waals surface area contributed by atoms with Gasteiger partial charge in [-0.3, -0.25) is 9.36 Å². The highest BCUT2D eigenvalue weighted by Crippen LogP contribution is 2.36. The Morgan fingerprint density at radius 1 is 1.18 bits per heavy atom. The van der Waals surface area contributed by atoms with Crippen molar-refractivity contribution in [2.75, 3.05) is 0 Å². The van der Waals surface area contributed by atoms with Gasteiger partial charge in [0.05, 0.1) is 17.9 Å². The van der Waals surface area contributed by atoms with E-state index in [0.717, 1.165) is 12.5 Å². The maximum Gasteiger partial charge on any atom is 0.0713 e. The van der Waals surface area contributed by atoms with E-state index >= 15 is 0 Å². The van der Waals surface area contributed by atoms with E-state index in [0.29, 0.717) is 6.04 Å². The summed E-state index contributed by atoms with van der Waals surface area (Å²) in [6.45, 7) is 1.07. The zero-order valence-electron chi connectivity index (χ0n) is 9.79. The Balaban J connectivity index is 1.64. The van der Waals surface area contributed by atoms with Crippen molar-refractivity contribution in [3.8, 4) is 11.3 Å². The minimum atomic E-state index is 0.656. The van der Waals surface area contributed by atoms with Gasteiger partial charge >= 0.3 is 0 Å². The maximum absolute atomic E-state index is 4.45. The first-order valence-electron chi connectivity index (χ1n) is 6.46. The predicted octanol–water partition coefficient (Wildman–Crippen LogP) is 2.49. The molecule has 0 atom stereocenters. The van der Waals surface area contributed by atoms with Crippen LogP contribution in [0.25, 0.3) is 11.3 Å². The molecule has 0 saturated heterocycles. The molecular formula is C13H16N4. The van der Waals surface area contributed by atoms with Crippen LogP contribution in [-0.2, 0) is 6.54 Å². The van der Waals surface area contributed by atoms with Crippen LogP contribution in [0.4, 0.5) is 0 Å². The molecule has 0 spiro atoms. The van der Waals surface area contributed by atoms with Crippen LogP contribution in [0, 0.1) is 5.92 Å². The third-order valence-corrected chi connectivity index (χ3v) is 3.66. The van der Waals surface area contributed by atoms with E-state index in [9.17, 15) is 0 Å². The summed E-state index contributed by atoms with van der Waals surface area (Å²) in [6.07, 6.45) is 11.3. The first-order valence-corrected chi connectivity index (χ1v) is 6.46. The zero-order valence-corrected chi connectivity index (χ0v) is 9.79. The van der Waals surface area contributed by atoms with Gasteiger partial charge in [0.2, 0.25) is 0 Å². The van der Waals surface area contributed by atoms with Gasteiger partial charge in [-0.1, -0.05) is 0 Å². The van der Waals surface area contributed by atoms with E-state index in [-0.39, 0.29) is 0 Å². The van der Waals surface area contributed by atoms with Crippen LogP contribution < -0.4 is 0 Å². The number of rotatable bonds is 4. The molecule has 88 valence electrons. The smallest absolute Gasteiger partial charge is 0.0713 e. The number of hydrogen-bond donors (Lipinski definition) is 0. The van der Waals surface area contributed by atoms with Gasteiger partial charge in [0.25, 0.3) is 0 Å². The first-order chi connectivity index (χ1) is 8.40. The largest absolute Gasteiger partial charge is 0.269 e. The standard InChI is InChI=1S/C13H16N4/c1-2-10(1)8-17-13(5-6-14-17)11-7-15-16(9-11)12-3-4-12/h5-7,9-10,12H,1-4,8H2. The van der Waals surface area contributed by atoms with Crippen LogP contribution in [0.1, 0.15) is 31.7 Å². The van der Waals surface area contributed by atoms with E-state index in [2.05, 4.69) is 31.8 Å². The summed E-state index contributed by atoms with van der Waals surface area (Å²) in [4.78, 5) is 0. The molecule has 2 aliphatic carbocycles. The molecule has 4 rings (SSSR count). The zero-order chi connectivity index (χ0) is 11.2. The van der Waals surface area contributed by atoms with Crippen molar-refractivity contribution in [3.63, 3.8) is 0 Å². The normalized spacial score (nSPS) is 19.8. The SMILES string of the molecule is c1cc(-c2cnn(C3CC3)c2)n(CC2CC2)n1. The van der Waals surface area contributed by atoms with Gasteiger partial charge in [-0.25, -0.2) is 0 Å². The van der Waals surface area contributed by atoms with Crippen LogP contribution >= 0.6 is 0 Å².